The molecule has 1 amide bonds. The van der Waals surface area contributed by atoms with Gasteiger partial charge in [-0.15, -0.1) is 0 Å². The highest BCUT2D eigenvalue weighted by atomic mass is 16.2. The number of hydrogen-bond acceptors (Lipinski definition) is 2. The van der Waals surface area contributed by atoms with Gasteiger partial charge in [0.1, 0.15) is 6.04 Å². The summed E-state index contributed by atoms with van der Waals surface area (Å²) in [6.07, 6.45) is 1.02. The number of rotatable bonds is 1. The number of benzene rings is 1. The van der Waals surface area contributed by atoms with Crippen LogP contribution in [0.2, 0.25) is 0 Å². The molecule has 0 radical (unpaired) electrons. The fraction of sp³-hybridized carbons (Fsp3) is 0.588. The van der Waals surface area contributed by atoms with E-state index in [9.17, 15) is 4.79 Å². The molecule has 1 aromatic carbocycles. The number of amides is 1. The first-order chi connectivity index (χ1) is 9.21. The normalized spacial score (nSPS) is 19.6. The van der Waals surface area contributed by atoms with Gasteiger partial charge in [-0.1, -0.05) is 39.0 Å². The van der Waals surface area contributed by atoms with Gasteiger partial charge in [0.15, 0.2) is 0 Å². The van der Waals surface area contributed by atoms with Gasteiger partial charge in [-0.25, -0.2) is 0 Å². The molecule has 0 spiro atoms. The van der Waals surface area contributed by atoms with Crippen molar-refractivity contribution < 1.29 is 4.79 Å². The van der Waals surface area contributed by atoms with Crippen molar-refractivity contribution in [1.82, 2.24) is 9.80 Å². The molecular formula is C17H26N2O. The third kappa shape index (κ3) is 2.73. The van der Waals surface area contributed by atoms with E-state index in [0.29, 0.717) is 0 Å². The first-order valence-corrected chi connectivity index (χ1v) is 7.26. The van der Waals surface area contributed by atoms with Gasteiger partial charge < -0.3 is 4.90 Å². The summed E-state index contributed by atoms with van der Waals surface area (Å²) in [6, 6.07) is 6.48. The molecule has 0 fully saturated rings. The lowest BCUT2D eigenvalue weighted by molar-refractivity contribution is -0.134. The number of hydrogen-bond donors (Lipinski definition) is 0. The Morgan fingerprint density at radius 3 is 2.50 bits per heavy atom. The summed E-state index contributed by atoms with van der Waals surface area (Å²) in [7, 11) is 5.69. The van der Waals surface area contributed by atoms with Crippen molar-refractivity contribution in [3.05, 3.63) is 34.9 Å². The Kier molecular flexibility index (Phi) is 3.92. The average molecular weight is 274 g/mol. The van der Waals surface area contributed by atoms with Crippen LogP contribution in [0.15, 0.2) is 18.2 Å². The topological polar surface area (TPSA) is 23.6 Å². The maximum absolute atomic E-state index is 12.4. The minimum atomic E-state index is -0.136. The molecule has 110 valence electrons. The molecule has 1 aliphatic rings. The molecule has 1 aromatic rings. The Morgan fingerprint density at radius 1 is 1.30 bits per heavy atom. The molecule has 0 saturated carbocycles. The standard InChI is InChI=1S/C17H26N2O/c1-17(2,3)13-7-8-14-12(11-13)9-10-19(6)15(14)16(20)18(4)5/h7-8,11,15H,9-10H2,1-6H3. The quantitative estimate of drug-likeness (QED) is 0.786. The van der Waals surface area contributed by atoms with Crippen LogP contribution in [-0.4, -0.2) is 43.4 Å². The maximum atomic E-state index is 12.4. The zero-order chi connectivity index (χ0) is 15.1. The lowest BCUT2D eigenvalue weighted by atomic mass is 9.82. The average Bonchev–Trinajstić information content (AvgIpc) is 2.36. The minimum absolute atomic E-state index is 0.136. The van der Waals surface area contributed by atoms with Crippen molar-refractivity contribution in [2.24, 2.45) is 0 Å². The molecule has 1 atom stereocenters. The second kappa shape index (κ2) is 5.21. The summed E-state index contributed by atoms with van der Waals surface area (Å²) in [5, 5.41) is 0. The van der Waals surface area contributed by atoms with E-state index in [1.165, 1.54) is 16.7 Å². The lowest BCUT2D eigenvalue weighted by Crippen LogP contribution is -2.42. The molecule has 2 rings (SSSR count). The van der Waals surface area contributed by atoms with E-state index in [4.69, 9.17) is 0 Å². The molecule has 1 aliphatic heterocycles. The molecular weight excluding hydrogens is 248 g/mol. The van der Waals surface area contributed by atoms with E-state index in [1.807, 2.05) is 21.1 Å². The van der Waals surface area contributed by atoms with Crippen LogP contribution in [0.5, 0.6) is 0 Å². The number of likely N-dealkylation sites (N-methyl/N-ethyl adjacent to an activating group) is 2. The van der Waals surface area contributed by atoms with Crippen LogP contribution < -0.4 is 0 Å². The van der Waals surface area contributed by atoms with Crippen LogP contribution in [0.4, 0.5) is 0 Å². The van der Waals surface area contributed by atoms with Crippen LogP contribution in [0.25, 0.3) is 0 Å². The summed E-state index contributed by atoms with van der Waals surface area (Å²) in [4.78, 5) is 16.3. The fourth-order valence-electron chi connectivity index (χ4n) is 2.78. The van der Waals surface area contributed by atoms with Crippen molar-refractivity contribution in [3.8, 4) is 0 Å². The molecule has 0 N–H and O–H groups in total. The second-order valence-electron chi connectivity index (χ2n) is 7.03. The number of nitrogens with zero attached hydrogens (tertiary/aromatic N) is 2. The number of carbonyl (C=O) groups excluding carboxylic acids is 1. The van der Waals surface area contributed by atoms with E-state index < -0.39 is 0 Å². The Hall–Kier alpha value is -1.35. The molecule has 3 heteroatoms. The van der Waals surface area contributed by atoms with E-state index in [-0.39, 0.29) is 17.4 Å². The van der Waals surface area contributed by atoms with E-state index in [0.717, 1.165) is 13.0 Å². The highest BCUT2D eigenvalue weighted by Crippen LogP contribution is 2.33. The van der Waals surface area contributed by atoms with E-state index >= 15 is 0 Å². The highest BCUT2D eigenvalue weighted by molar-refractivity contribution is 5.83. The predicted octanol–water partition coefficient (Wildman–Crippen LogP) is 2.60. The van der Waals surface area contributed by atoms with Gasteiger partial charge in [-0.2, -0.15) is 0 Å². The summed E-state index contributed by atoms with van der Waals surface area (Å²) >= 11 is 0. The molecule has 20 heavy (non-hydrogen) atoms. The van der Waals surface area contributed by atoms with Gasteiger partial charge >= 0.3 is 0 Å². The summed E-state index contributed by atoms with van der Waals surface area (Å²) in [5.74, 6) is 0.164. The Bertz CT molecular complexity index is 514. The summed E-state index contributed by atoms with van der Waals surface area (Å²) < 4.78 is 0. The molecule has 0 aromatic heterocycles. The zero-order valence-electron chi connectivity index (χ0n) is 13.5. The van der Waals surface area contributed by atoms with Gasteiger partial charge in [-0.3, -0.25) is 9.69 Å². The van der Waals surface area contributed by atoms with E-state index in [2.05, 4.69) is 43.9 Å². The first kappa shape index (κ1) is 15.0. The third-order valence-electron chi connectivity index (χ3n) is 4.15. The molecule has 1 unspecified atom stereocenters. The number of carbonyl (C=O) groups is 1. The third-order valence-corrected chi connectivity index (χ3v) is 4.15. The molecule has 0 aliphatic carbocycles. The predicted molar refractivity (Wildman–Crippen MR) is 82.9 cm³/mol. The zero-order valence-corrected chi connectivity index (χ0v) is 13.5. The summed E-state index contributed by atoms with van der Waals surface area (Å²) in [6.45, 7) is 7.62. The fourth-order valence-corrected chi connectivity index (χ4v) is 2.78. The van der Waals surface area contributed by atoms with Crippen molar-refractivity contribution >= 4 is 5.91 Å². The van der Waals surface area contributed by atoms with Gasteiger partial charge in [0.25, 0.3) is 0 Å². The Balaban J connectivity index is 2.45. The monoisotopic (exact) mass is 274 g/mol. The van der Waals surface area contributed by atoms with Crippen molar-refractivity contribution in [2.75, 3.05) is 27.7 Å². The lowest BCUT2D eigenvalue weighted by Gasteiger charge is -2.36. The molecule has 0 saturated heterocycles. The smallest absolute Gasteiger partial charge is 0.244 e. The Labute approximate surface area is 122 Å². The van der Waals surface area contributed by atoms with E-state index in [1.54, 1.807) is 4.90 Å². The van der Waals surface area contributed by atoms with Crippen LogP contribution >= 0.6 is 0 Å². The summed E-state index contributed by atoms with van der Waals surface area (Å²) in [5.41, 5.74) is 4.00. The minimum Gasteiger partial charge on any atom is -0.347 e. The number of fused-ring (bicyclic) bond motifs is 1. The van der Waals surface area contributed by atoms with Crippen LogP contribution in [0, 0.1) is 0 Å². The second-order valence-corrected chi connectivity index (χ2v) is 7.03. The highest BCUT2D eigenvalue weighted by Gasteiger charge is 2.32. The Morgan fingerprint density at radius 2 is 1.95 bits per heavy atom. The molecule has 0 bridgehead atoms. The van der Waals surface area contributed by atoms with Crippen LogP contribution in [0.3, 0.4) is 0 Å². The van der Waals surface area contributed by atoms with Crippen molar-refractivity contribution in [3.63, 3.8) is 0 Å². The molecule has 1 heterocycles. The maximum Gasteiger partial charge on any atom is 0.244 e. The first-order valence-electron chi connectivity index (χ1n) is 7.26. The largest absolute Gasteiger partial charge is 0.347 e. The van der Waals surface area contributed by atoms with Crippen molar-refractivity contribution in [1.29, 1.82) is 0 Å². The van der Waals surface area contributed by atoms with Gasteiger partial charge in [0.05, 0.1) is 0 Å². The van der Waals surface area contributed by atoms with Gasteiger partial charge in [0.2, 0.25) is 5.91 Å². The van der Waals surface area contributed by atoms with Crippen LogP contribution in [-0.2, 0) is 16.6 Å². The SMILES string of the molecule is CN(C)C(=O)C1c2ccc(C(C)(C)C)cc2CCN1C. The van der Waals surface area contributed by atoms with Crippen LogP contribution in [0.1, 0.15) is 43.5 Å². The van der Waals surface area contributed by atoms with Gasteiger partial charge in [-0.05, 0) is 35.6 Å². The van der Waals surface area contributed by atoms with Gasteiger partial charge in [0, 0.05) is 20.6 Å². The van der Waals surface area contributed by atoms with Crippen molar-refractivity contribution in [2.45, 2.75) is 38.6 Å². The molecule has 3 nitrogen and oxygen atoms in total.